The summed E-state index contributed by atoms with van der Waals surface area (Å²) in [5.41, 5.74) is 0. The lowest BCUT2D eigenvalue weighted by atomic mass is 9.98. The molecule has 91 heavy (non-hydrogen) atoms. The van der Waals surface area contributed by atoms with Crippen molar-refractivity contribution >= 4 is 5.91 Å². The van der Waals surface area contributed by atoms with Crippen LogP contribution in [-0.4, -0.2) is 110 Å². The predicted molar refractivity (Wildman–Crippen MR) is 386 cm³/mol. The smallest absolute Gasteiger partial charge is 0.249 e. The van der Waals surface area contributed by atoms with E-state index < -0.39 is 74.2 Å². The third-order valence-corrected chi connectivity index (χ3v) is 19.7. The number of allylic oxidation sites excluding steroid dienone is 4. The zero-order chi connectivity index (χ0) is 66.0. The second kappa shape index (κ2) is 68.5. The normalized spacial score (nSPS) is 18.5. The first-order valence-electron chi connectivity index (χ1n) is 40.2. The number of unbranched alkanes of at least 4 members (excludes halogenated alkanes) is 56. The van der Waals surface area contributed by atoms with Crippen LogP contribution in [0.25, 0.3) is 0 Å². The monoisotopic (exact) mass is 1290 g/mol. The zero-order valence-electron chi connectivity index (χ0n) is 60.1. The maximum atomic E-state index is 13.3. The zero-order valence-corrected chi connectivity index (χ0v) is 60.1. The molecule has 1 amide bonds. The fourth-order valence-corrected chi connectivity index (χ4v) is 13.3. The van der Waals surface area contributed by atoms with Crippen molar-refractivity contribution in [2.24, 2.45) is 0 Å². The van der Waals surface area contributed by atoms with Gasteiger partial charge in [-0.05, 0) is 64.2 Å². The maximum Gasteiger partial charge on any atom is 0.249 e. The van der Waals surface area contributed by atoms with Crippen LogP contribution in [0.15, 0.2) is 24.3 Å². The molecule has 0 radical (unpaired) electrons. The number of carbonyl (C=O) groups is 1. The van der Waals surface area contributed by atoms with Gasteiger partial charge in [-0.2, -0.15) is 0 Å². The van der Waals surface area contributed by atoms with Crippen LogP contribution >= 0.6 is 0 Å². The quantitative estimate of drug-likeness (QED) is 0.0215. The molecule has 1 saturated heterocycles. The van der Waals surface area contributed by atoms with E-state index >= 15 is 0 Å². The summed E-state index contributed by atoms with van der Waals surface area (Å²) in [5.74, 6) is -0.698. The van der Waals surface area contributed by atoms with E-state index in [1.54, 1.807) is 0 Å². The van der Waals surface area contributed by atoms with Crippen molar-refractivity contribution in [3.05, 3.63) is 24.3 Å². The second-order valence-electron chi connectivity index (χ2n) is 28.5. The lowest BCUT2D eigenvalue weighted by Crippen LogP contribution is -2.60. The number of carbonyl (C=O) groups excluding carboxylic acids is 1. The Morgan fingerprint density at radius 2 is 0.648 bits per heavy atom. The molecule has 0 saturated carbocycles. The molecular formula is C80H155NO10. The number of hydrogen-bond acceptors (Lipinski definition) is 10. The molecule has 1 aliphatic rings. The number of aliphatic hydroxyl groups excluding tert-OH is 7. The average molecular weight is 1290 g/mol. The van der Waals surface area contributed by atoms with Gasteiger partial charge in [0.2, 0.25) is 5.91 Å². The second-order valence-corrected chi connectivity index (χ2v) is 28.5. The highest BCUT2D eigenvalue weighted by molar-refractivity contribution is 5.80. The first kappa shape index (κ1) is 87.6. The topological polar surface area (TPSA) is 189 Å². The standard InChI is InChI=1S/C80H155NO10/c1-3-5-7-9-11-13-15-17-19-21-23-25-27-29-31-33-35-37-39-41-43-45-47-49-51-53-55-57-59-61-63-65-67-72(83)75(85)71(70-90-80-78(88)77(87)76(86)74(69-82)91-80)81-79(89)73(84)68-66-64-62-60-58-56-54-52-50-48-46-44-42-40-38-36-34-32-30-28-26-24-22-20-18-16-14-12-10-8-6-4-2/h30,32,59,61,71-78,80,82-88H,3-29,31,33-58,60,62-70H2,1-2H3,(H,81,89)/b32-30-,61-59+. The summed E-state index contributed by atoms with van der Waals surface area (Å²) in [4.78, 5) is 13.3. The summed E-state index contributed by atoms with van der Waals surface area (Å²) in [5, 5.41) is 76.7. The Balaban J connectivity index is 2.14. The van der Waals surface area contributed by atoms with Crippen molar-refractivity contribution in [3.8, 4) is 0 Å². The van der Waals surface area contributed by atoms with Gasteiger partial charge in [0.15, 0.2) is 6.29 Å². The van der Waals surface area contributed by atoms with Crippen LogP contribution in [0.2, 0.25) is 0 Å². The lowest BCUT2D eigenvalue weighted by Gasteiger charge is -2.40. The number of nitrogens with one attached hydrogen (secondary N) is 1. The Kier molecular flexibility index (Phi) is 66.0. The van der Waals surface area contributed by atoms with Gasteiger partial charge in [0.1, 0.15) is 36.6 Å². The van der Waals surface area contributed by atoms with Gasteiger partial charge in [-0.3, -0.25) is 4.79 Å². The lowest BCUT2D eigenvalue weighted by molar-refractivity contribution is -0.303. The first-order chi connectivity index (χ1) is 44.7. The summed E-state index contributed by atoms with van der Waals surface area (Å²) < 4.78 is 11.2. The average Bonchev–Trinajstić information content (AvgIpc) is 1.05. The Bertz CT molecular complexity index is 1530. The summed E-state index contributed by atoms with van der Waals surface area (Å²) >= 11 is 0. The molecule has 11 nitrogen and oxygen atoms in total. The highest BCUT2D eigenvalue weighted by Crippen LogP contribution is 2.24. The van der Waals surface area contributed by atoms with Crippen molar-refractivity contribution in [2.45, 2.75) is 467 Å². The molecular weight excluding hydrogens is 1130 g/mol. The Labute approximate surface area is 563 Å². The Morgan fingerprint density at radius 3 is 0.945 bits per heavy atom. The summed E-state index contributed by atoms with van der Waals surface area (Å²) in [7, 11) is 0. The number of hydrogen-bond donors (Lipinski definition) is 8. The molecule has 1 heterocycles. The number of amides is 1. The molecule has 0 aliphatic carbocycles. The number of rotatable bonds is 72. The largest absolute Gasteiger partial charge is 0.394 e. The highest BCUT2D eigenvalue weighted by atomic mass is 16.7. The molecule has 9 unspecified atom stereocenters. The third kappa shape index (κ3) is 55.3. The van der Waals surface area contributed by atoms with Gasteiger partial charge >= 0.3 is 0 Å². The van der Waals surface area contributed by atoms with Crippen LogP contribution in [0.1, 0.15) is 412 Å². The summed E-state index contributed by atoms with van der Waals surface area (Å²) in [6.07, 6.45) is 77.3. The van der Waals surface area contributed by atoms with E-state index in [2.05, 4.69) is 43.5 Å². The Morgan fingerprint density at radius 1 is 0.374 bits per heavy atom. The molecule has 0 aromatic carbocycles. The van der Waals surface area contributed by atoms with Crippen LogP contribution in [-0.2, 0) is 14.3 Å². The van der Waals surface area contributed by atoms with Gasteiger partial charge in [0.05, 0.1) is 25.4 Å². The van der Waals surface area contributed by atoms with Crippen molar-refractivity contribution in [1.82, 2.24) is 5.32 Å². The Hall–Kier alpha value is -1.41. The summed E-state index contributed by atoms with van der Waals surface area (Å²) in [6.45, 7) is 3.52. The molecule has 1 fully saturated rings. The van der Waals surface area contributed by atoms with Gasteiger partial charge in [0.25, 0.3) is 0 Å². The minimum atomic E-state index is -1.67. The van der Waals surface area contributed by atoms with Crippen LogP contribution in [0.4, 0.5) is 0 Å². The SMILES string of the molecule is CCCCCCCCCCCCCC/C=C\CCCCCCCCCCCCCCCCCCC(O)C(=O)NC(COC1OC(CO)C(O)C(O)C1O)C(O)C(O)CCC/C=C/CCCCCCCCCCCCCCCCCCCCCCCCCCCCC. The molecule has 1 rings (SSSR count). The maximum absolute atomic E-state index is 13.3. The molecule has 11 heteroatoms. The van der Waals surface area contributed by atoms with E-state index in [1.165, 1.54) is 334 Å². The van der Waals surface area contributed by atoms with Gasteiger partial charge in [-0.15, -0.1) is 0 Å². The predicted octanol–water partition coefficient (Wildman–Crippen LogP) is 20.7. The minimum Gasteiger partial charge on any atom is -0.394 e. The fourth-order valence-electron chi connectivity index (χ4n) is 13.3. The number of ether oxygens (including phenoxy) is 2. The van der Waals surface area contributed by atoms with E-state index in [-0.39, 0.29) is 12.8 Å². The van der Waals surface area contributed by atoms with Crippen LogP contribution < -0.4 is 5.32 Å². The third-order valence-electron chi connectivity index (χ3n) is 19.7. The molecule has 0 aromatic rings. The first-order valence-corrected chi connectivity index (χ1v) is 40.2. The van der Waals surface area contributed by atoms with Crippen molar-refractivity contribution in [1.29, 1.82) is 0 Å². The van der Waals surface area contributed by atoms with Crippen molar-refractivity contribution in [2.75, 3.05) is 13.2 Å². The fraction of sp³-hybridized carbons (Fsp3) is 0.938. The van der Waals surface area contributed by atoms with Gasteiger partial charge in [-0.1, -0.05) is 372 Å². The van der Waals surface area contributed by atoms with Crippen LogP contribution in [0.5, 0.6) is 0 Å². The van der Waals surface area contributed by atoms with Crippen LogP contribution in [0.3, 0.4) is 0 Å². The minimum absolute atomic E-state index is 0.258. The van der Waals surface area contributed by atoms with Gasteiger partial charge < -0.3 is 50.5 Å². The molecule has 0 spiro atoms. The van der Waals surface area contributed by atoms with Crippen LogP contribution in [0, 0.1) is 0 Å². The van der Waals surface area contributed by atoms with Gasteiger partial charge in [0, 0.05) is 0 Å². The van der Waals surface area contributed by atoms with Crippen molar-refractivity contribution in [3.63, 3.8) is 0 Å². The van der Waals surface area contributed by atoms with Gasteiger partial charge in [-0.25, -0.2) is 0 Å². The van der Waals surface area contributed by atoms with E-state index in [4.69, 9.17) is 9.47 Å². The molecule has 8 N–H and O–H groups in total. The summed E-state index contributed by atoms with van der Waals surface area (Å²) in [6, 6.07) is -1.19. The molecule has 0 bridgehead atoms. The molecule has 540 valence electrons. The van der Waals surface area contributed by atoms with Crippen molar-refractivity contribution < 1.29 is 50.0 Å². The molecule has 1 aliphatic heterocycles. The van der Waals surface area contributed by atoms with E-state index in [1.807, 2.05) is 0 Å². The van der Waals surface area contributed by atoms with E-state index in [9.17, 15) is 40.5 Å². The highest BCUT2D eigenvalue weighted by Gasteiger charge is 2.44. The molecule has 9 atom stereocenters. The van der Waals surface area contributed by atoms with E-state index in [0.29, 0.717) is 12.8 Å². The number of aliphatic hydroxyl groups is 7. The van der Waals surface area contributed by atoms with E-state index in [0.717, 1.165) is 38.5 Å². The molecule has 0 aromatic heterocycles.